The van der Waals surface area contributed by atoms with E-state index in [-0.39, 0.29) is 5.91 Å². The standard InChI is InChI=1S/C25H19N5O2/c26-18-7-5-16(6-8-18)25(31)30-20-11-9-19(10-12-20)29-24-14-21(27-15-28-24)23-13-17-3-1-2-4-22(17)32-23/h1-15H,26H2,(H,30,31)(H,27,28,29). The summed E-state index contributed by atoms with van der Waals surface area (Å²) in [6.45, 7) is 0. The van der Waals surface area contributed by atoms with E-state index in [2.05, 4.69) is 20.6 Å². The Hall–Kier alpha value is -4.65. The lowest BCUT2D eigenvalue weighted by Gasteiger charge is -2.09. The van der Waals surface area contributed by atoms with Crippen LogP contribution in [0, 0.1) is 0 Å². The smallest absolute Gasteiger partial charge is 0.255 e. The number of amides is 1. The van der Waals surface area contributed by atoms with Gasteiger partial charge in [-0.05, 0) is 60.7 Å². The van der Waals surface area contributed by atoms with Crippen LogP contribution in [0.25, 0.3) is 22.4 Å². The van der Waals surface area contributed by atoms with E-state index in [9.17, 15) is 4.79 Å². The minimum absolute atomic E-state index is 0.197. The summed E-state index contributed by atoms with van der Waals surface area (Å²) in [6.07, 6.45) is 1.49. The van der Waals surface area contributed by atoms with E-state index in [4.69, 9.17) is 10.2 Å². The second-order valence-corrected chi connectivity index (χ2v) is 7.22. The fourth-order valence-electron chi connectivity index (χ4n) is 3.29. The van der Waals surface area contributed by atoms with E-state index >= 15 is 0 Å². The van der Waals surface area contributed by atoms with Crippen LogP contribution < -0.4 is 16.4 Å². The van der Waals surface area contributed by atoms with Crippen LogP contribution in [0.15, 0.2) is 95.7 Å². The average molecular weight is 421 g/mol. The van der Waals surface area contributed by atoms with Crippen molar-refractivity contribution in [1.29, 1.82) is 0 Å². The van der Waals surface area contributed by atoms with Gasteiger partial charge in [-0.3, -0.25) is 4.79 Å². The van der Waals surface area contributed by atoms with Crippen molar-refractivity contribution in [3.05, 3.63) is 96.8 Å². The molecule has 2 heterocycles. The van der Waals surface area contributed by atoms with Gasteiger partial charge < -0.3 is 20.8 Å². The highest BCUT2D eigenvalue weighted by molar-refractivity contribution is 6.04. The number of aromatic nitrogens is 2. The highest BCUT2D eigenvalue weighted by Gasteiger charge is 2.09. The lowest BCUT2D eigenvalue weighted by molar-refractivity contribution is 0.102. The number of benzene rings is 3. The molecule has 7 nitrogen and oxygen atoms in total. The van der Waals surface area contributed by atoms with E-state index in [0.717, 1.165) is 16.7 Å². The van der Waals surface area contributed by atoms with Gasteiger partial charge in [0.15, 0.2) is 5.76 Å². The molecule has 3 aromatic carbocycles. The number of fused-ring (bicyclic) bond motifs is 1. The molecule has 0 atom stereocenters. The predicted octanol–water partition coefficient (Wildman–Crippen LogP) is 5.47. The highest BCUT2D eigenvalue weighted by Crippen LogP contribution is 2.28. The number of para-hydroxylation sites is 1. The zero-order valence-electron chi connectivity index (χ0n) is 16.9. The van der Waals surface area contributed by atoms with Crippen molar-refractivity contribution >= 4 is 39.8 Å². The van der Waals surface area contributed by atoms with Crippen molar-refractivity contribution in [3.8, 4) is 11.5 Å². The molecule has 0 spiro atoms. The minimum Gasteiger partial charge on any atom is -0.454 e. The summed E-state index contributed by atoms with van der Waals surface area (Å²) in [5.74, 6) is 1.11. The van der Waals surface area contributed by atoms with Crippen LogP contribution >= 0.6 is 0 Å². The van der Waals surface area contributed by atoms with Gasteiger partial charge in [0.25, 0.3) is 5.91 Å². The predicted molar refractivity (Wildman–Crippen MR) is 126 cm³/mol. The second kappa shape index (κ2) is 8.23. The Morgan fingerprint density at radius 2 is 1.59 bits per heavy atom. The number of anilines is 4. The molecular weight excluding hydrogens is 402 g/mol. The third-order valence-electron chi connectivity index (χ3n) is 4.93. The molecule has 0 unspecified atom stereocenters. The lowest BCUT2D eigenvalue weighted by Crippen LogP contribution is -2.11. The number of furan rings is 1. The first kappa shape index (κ1) is 19.3. The molecule has 0 aliphatic heterocycles. The van der Waals surface area contributed by atoms with Crippen LogP contribution in [0.1, 0.15) is 10.4 Å². The third-order valence-corrected chi connectivity index (χ3v) is 4.93. The van der Waals surface area contributed by atoms with Crippen molar-refractivity contribution < 1.29 is 9.21 Å². The monoisotopic (exact) mass is 421 g/mol. The Morgan fingerprint density at radius 1 is 0.844 bits per heavy atom. The fraction of sp³-hybridized carbons (Fsp3) is 0. The molecule has 0 bridgehead atoms. The van der Waals surface area contributed by atoms with Crippen molar-refractivity contribution in [2.45, 2.75) is 0 Å². The van der Waals surface area contributed by atoms with E-state index in [1.807, 2.05) is 60.7 Å². The molecule has 32 heavy (non-hydrogen) atoms. The summed E-state index contributed by atoms with van der Waals surface area (Å²) in [7, 11) is 0. The molecule has 2 aromatic heterocycles. The Morgan fingerprint density at radius 3 is 2.38 bits per heavy atom. The molecule has 0 radical (unpaired) electrons. The van der Waals surface area contributed by atoms with Crippen LogP contribution in [-0.2, 0) is 0 Å². The molecular formula is C25H19N5O2. The fourth-order valence-corrected chi connectivity index (χ4v) is 3.29. The van der Waals surface area contributed by atoms with Crippen LogP contribution in [0.2, 0.25) is 0 Å². The van der Waals surface area contributed by atoms with Crippen molar-refractivity contribution in [3.63, 3.8) is 0 Å². The van der Waals surface area contributed by atoms with Gasteiger partial charge >= 0.3 is 0 Å². The van der Waals surface area contributed by atoms with E-state index in [0.29, 0.717) is 34.2 Å². The molecule has 5 rings (SSSR count). The van der Waals surface area contributed by atoms with Gasteiger partial charge in [-0.1, -0.05) is 18.2 Å². The first-order valence-electron chi connectivity index (χ1n) is 9.99. The minimum atomic E-state index is -0.197. The molecule has 4 N–H and O–H groups in total. The maximum absolute atomic E-state index is 12.3. The SMILES string of the molecule is Nc1ccc(C(=O)Nc2ccc(Nc3cc(-c4cc5ccccc5o4)ncn3)cc2)cc1. The summed E-state index contributed by atoms with van der Waals surface area (Å²) >= 11 is 0. The van der Waals surface area contributed by atoms with Crippen LogP contribution in [0.4, 0.5) is 22.9 Å². The Kier molecular flexibility index (Phi) is 4.97. The summed E-state index contributed by atoms with van der Waals surface area (Å²) in [4.78, 5) is 21.0. The van der Waals surface area contributed by atoms with Crippen LogP contribution in [-0.4, -0.2) is 15.9 Å². The molecule has 0 aliphatic rings. The highest BCUT2D eigenvalue weighted by atomic mass is 16.3. The molecule has 5 aromatic rings. The molecule has 0 saturated carbocycles. The van der Waals surface area contributed by atoms with E-state index in [1.54, 1.807) is 24.3 Å². The average Bonchev–Trinajstić information content (AvgIpc) is 3.25. The van der Waals surface area contributed by atoms with Gasteiger partial charge in [0, 0.05) is 34.1 Å². The normalized spacial score (nSPS) is 10.8. The van der Waals surface area contributed by atoms with Gasteiger partial charge in [0.1, 0.15) is 23.4 Å². The first-order chi connectivity index (χ1) is 15.6. The zero-order chi connectivity index (χ0) is 21.9. The number of hydrogen-bond donors (Lipinski definition) is 3. The summed E-state index contributed by atoms with van der Waals surface area (Å²) < 4.78 is 5.89. The number of carbonyl (C=O) groups is 1. The summed E-state index contributed by atoms with van der Waals surface area (Å²) in [6, 6.07) is 25.7. The Balaban J connectivity index is 1.29. The first-order valence-corrected chi connectivity index (χ1v) is 9.99. The second-order valence-electron chi connectivity index (χ2n) is 7.22. The van der Waals surface area contributed by atoms with Gasteiger partial charge in [0.2, 0.25) is 0 Å². The summed E-state index contributed by atoms with van der Waals surface area (Å²) in [5.41, 5.74) is 9.83. The number of nitrogen functional groups attached to an aromatic ring is 1. The number of nitrogens with two attached hydrogens (primary N) is 1. The van der Waals surface area contributed by atoms with E-state index < -0.39 is 0 Å². The molecule has 156 valence electrons. The maximum atomic E-state index is 12.3. The largest absolute Gasteiger partial charge is 0.454 e. The maximum Gasteiger partial charge on any atom is 0.255 e. The van der Waals surface area contributed by atoms with Gasteiger partial charge in [-0.2, -0.15) is 0 Å². The Labute approximate surface area is 183 Å². The lowest BCUT2D eigenvalue weighted by atomic mass is 10.2. The number of nitrogens with zero attached hydrogens (tertiary/aromatic N) is 2. The van der Waals surface area contributed by atoms with Crippen LogP contribution in [0.5, 0.6) is 0 Å². The summed E-state index contributed by atoms with van der Waals surface area (Å²) in [5, 5.41) is 7.13. The quantitative estimate of drug-likeness (QED) is 0.325. The molecule has 0 saturated heterocycles. The number of carbonyl (C=O) groups excluding carboxylic acids is 1. The topological polar surface area (TPSA) is 106 Å². The zero-order valence-corrected chi connectivity index (χ0v) is 16.9. The molecule has 7 heteroatoms. The Bertz CT molecular complexity index is 1360. The van der Waals surface area contributed by atoms with E-state index in [1.165, 1.54) is 6.33 Å². The van der Waals surface area contributed by atoms with Gasteiger partial charge in [-0.15, -0.1) is 0 Å². The number of rotatable bonds is 5. The number of hydrogen-bond acceptors (Lipinski definition) is 6. The van der Waals surface area contributed by atoms with Crippen LogP contribution in [0.3, 0.4) is 0 Å². The third kappa shape index (κ3) is 4.13. The molecule has 0 aliphatic carbocycles. The molecule has 0 fully saturated rings. The van der Waals surface area contributed by atoms with Crippen molar-refractivity contribution in [1.82, 2.24) is 9.97 Å². The van der Waals surface area contributed by atoms with Gasteiger partial charge in [0.05, 0.1) is 0 Å². The number of nitrogens with one attached hydrogen (secondary N) is 2. The van der Waals surface area contributed by atoms with Crippen molar-refractivity contribution in [2.75, 3.05) is 16.4 Å². The van der Waals surface area contributed by atoms with Crippen molar-refractivity contribution in [2.24, 2.45) is 0 Å². The molecule has 1 amide bonds. The van der Waals surface area contributed by atoms with Gasteiger partial charge in [-0.25, -0.2) is 9.97 Å².